The second kappa shape index (κ2) is 16.2. The third-order valence-corrected chi connectivity index (χ3v) is 15.8. The Morgan fingerprint density at radius 2 is 1.56 bits per heavy atom. The third kappa shape index (κ3) is 8.23. The van der Waals surface area contributed by atoms with Gasteiger partial charge in [-0.2, -0.15) is 0 Å². The van der Waals surface area contributed by atoms with E-state index in [-0.39, 0.29) is 35.5 Å². The molecule has 1 unspecified atom stereocenters. The van der Waals surface area contributed by atoms with Crippen LogP contribution >= 0.6 is 0 Å². The number of hydrogen-bond donors (Lipinski definition) is 4. The van der Waals surface area contributed by atoms with Crippen LogP contribution in [-0.4, -0.2) is 90.6 Å². The normalized spacial score (nSPS) is 29.3. The molecule has 4 N–H and O–H groups in total. The molecule has 5 amide bonds. The largest absolute Gasteiger partial charge is 0.346 e. The Morgan fingerprint density at radius 1 is 0.904 bits per heavy atom. The molecule has 0 aromatic rings. The van der Waals surface area contributed by atoms with Gasteiger partial charge in [0.2, 0.25) is 17.6 Å². The highest BCUT2D eigenvalue weighted by molar-refractivity contribution is 7.92. The van der Waals surface area contributed by atoms with Crippen LogP contribution in [0.15, 0.2) is 12.7 Å². The lowest BCUT2D eigenvalue weighted by molar-refractivity contribution is -0.146. The van der Waals surface area contributed by atoms with Crippen molar-refractivity contribution in [1.82, 2.24) is 26.2 Å². The van der Waals surface area contributed by atoms with Crippen LogP contribution in [0, 0.1) is 22.7 Å². The van der Waals surface area contributed by atoms with Crippen molar-refractivity contribution in [3.05, 3.63) is 12.7 Å². The van der Waals surface area contributed by atoms with Gasteiger partial charge in [0.1, 0.15) is 12.1 Å². The molecular weight excluding hydrogens is 683 g/mol. The first-order chi connectivity index (χ1) is 24.6. The zero-order valence-corrected chi connectivity index (χ0v) is 32.7. The fourth-order valence-corrected chi connectivity index (χ4v) is 12.6. The Bertz CT molecular complexity index is 1480. The fraction of sp³-hybridized carbons (Fsp3) is 0.821. The monoisotopic (exact) mass is 745 g/mol. The number of piperidine rings is 1. The Kier molecular flexibility index (Phi) is 12.5. The molecule has 3 aliphatic carbocycles. The number of ketones is 1. The lowest BCUT2D eigenvalue weighted by Crippen LogP contribution is -2.66. The minimum atomic E-state index is -3.39. The number of rotatable bonds is 14. The van der Waals surface area contributed by atoms with Crippen molar-refractivity contribution >= 4 is 39.4 Å². The topological polar surface area (TPSA) is 171 Å². The van der Waals surface area contributed by atoms with Gasteiger partial charge in [-0.15, -0.1) is 6.58 Å². The van der Waals surface area contributed by atoms with Crippen molar-refractivity contribution in [2.45, 2.75) is 159 Å². The quantitative estimate of drug-likeness (QED) is 0.152. The van der Waals surface area contributed by atoms with Crippen molar-refractivity contribution < 1.29 is 32.4 Å². The average Bonchev–Trinajstić information content (AvgIpc) is 3.41. The minimum Gasteiger partial charge on any atom is -0.346 e. The molecule has 0 spiro atoms. The molecule has 5 aliphatic rings. The van der Waals surface area contributed by atoms with E-state index in [0.717, 1.165) is 64.2 Å². The van der Waals surface area contributed by atoms with Gasteiger partial charge in [-0.05, 0) is 67.6 Å². The number of nitrogens with one attached hydrogen (secondary N) is 4. The Morgan fingerprint density at radius 3 is 2.17 bits per heavy atom. The summed E-state index contributed by atoms with van der Waals surface area (Å²) >= 11 is 0. The number of urea groups is 1. The van der Waals surface area contributed by atoms with Crippen molar-refractivity contribution in [3.8, 4) is 0 Å². The highest BCUT2D eigenvalue weighted by Crippen LogP contribution is 2.65. The highest BCUT2D eigenvalue weighted by Gasteiger charge is 2.70. The minimum absolute atomic E-state index is 0.0727. The standard InChI is InChI=1S/C39H63N5O7S/c1-6-8-17-27(31(45)34(47)40-23-7-2)41-33(46)30-29-26(37(29,3)4)25-44(30)35(48)32(38(5)19-12-9-13-20-38)42-36(49)43-39(21-14-10-15-22-39)28-18-11-16-24-52(28,50)51/h7,26-30,32H,2,6,8-25H2,1,3-5H3,(H,40,47)(H,41,46)(H2,42,43,49)/t26-,27-,28?,29-,30-,32+/m0/s1. The van der Waals surface area contributed by atoms with Crippen LogP contribution < -0.4 is 21.3 Å². The predicted molar refractivity (Wildman–Crippen MR) is 200 cm³/mol. The van der Waals surface area contributed by atoms with Gasteiger partial charge in [-0.3, -0.25) is 19.2 Å². The maximum Gasteiger partial charge on any atom is 0.315 e. The van der Waals surface area contributed by atoms with E-state index in [9.17, 15) is 32.4 Å². The molecule has 5 fully saturated rings. The zero-order valence-electron chi connectivity index (χ0n) is 31.9. The molecule has 2 saturated heterocycles. The van der Waals surface area contributed by atoms with E-state index >= 15 is 0 Å². The van der Waals surface area contributed by atoms with Crippen LogP contribution in [0.4, 0.5) is 4.79 Å². The van der Waals surface area contributed by atoms with Crippen LogP contribution in [0.5, 0.6) is 0 Å². The Balaban J connectivity index is 1.41. The summed E-state index contributed by atoms with van der Waals surface area (Å²) < 4.78 is 26.8. The third-order valence-electron chi connectivity index (χ3n) is 13.4. The van der Waals surface area contributed by atoms with Crippen LogP contribution in [0.3, 0.4) is 0 Å². The second-order valence-corrected chi connectivity index (χ2v) is 19.6. The van der Waals surface area contributed by atoms with Gasteiger partial charge in [0.15, 0.2) is 9.84 Å². The summed E-state index contributed by atoms with van der Waals surface area (Å²) in [6.45, 7) is 12.2. The van der Waals surface area contributed by atoms with Gasteiger partial charge in [-0.25, -0.2) is 13.2 Å². The maximum atomic E-state index is 14.9. The Hall–Kier alpha value is -2.96. The van der Waals surface area contributed by atoms with E-state index < -0.39 is 67.8 Å². The molecule has 2 aliphatic heterocycles. The number of fused-ring (bicyclic) bond motifs is 1. The van der Waals surface area contributed by atoms with Gasteiger partial charge in [0.05, 0.1) is 22.6 Å². The number of amides is 5. The van der Waals surface area contributed by atoms with Gasteiger partial charge in [0.25, 0.3) is 5.91 Å². The van der Waals surface area contributed by atoms with E-state index in [4.69, 9.17) is 0 Å². The van der Waals surface area contributed by atoms with Crippen molar-refractivity contribution in [2.75, 3.05) is 18.8 Å². The SMILES string of the molecule is C=CCNC(=O)C(=O)[C@H](CCCC)NC(=O)[C@@H]1[C@@H]2[C@H](CN1C(=O)[C@@H](NC(=O)NC1(C3CCCCS3(=O)=O)CCCCC1)C1(C)CCCCC1)C2(C)C. The summed E-state index contributed by atoms with van der Waals surface area (Å²) in [4.78, 5) is 70.9. The van der Waals surface area contributed by atoms with Crippen LogP contribution in [0.25, 0.3) is 0 Å². The van der Waals surface area contributed by atoms with Crippen LogP contribution in [0.2, 0.25) is 0 Å². The van der Waals surface area contributed by atoms with Gasteiger partial charge in [-0.1, -0.05) is 91.6 Å². The number of unbranched alkanes of at least 4 members (excludes halogenated alkanes) is 1. The molecule has 3 saturated carbocycles. The molecule has 0 radical (unpaired) electrons. The summed E-state index contributed by atoms with van der Waals surface area (Å²) in [6.07, 6.45) is 13.2. The molecule has 292 valence electrons. The first-order valence-corrected chi connectivity index (χ1v) is 21.7. The van der Waals surface area contributed by atoms with Gasteiger partial charge < -0.3 is 26.2 Å². The fourth-order valence-electron chi connectivity index (χ4n) is 10.2. The summed E-state index contributed by atoms with van der Waals surface area (Å²) in [5.41, 5.74) is -1.66. The van der Waals surface area contributed by atoms with Crippen molar-refractivity contribution in [1.29, 1.82) is 0 Å². The molecule has 52 heavy (non-hydrogen) atoms. The number of carbonyl (C=O) groups excluding carboxylic acids is 5. The number of likely N-dealkylation sites (tertiary alicyclic amines) is 1. The molecule has 6 atom stereocenters. The summed E-state index contributed by atoms with van der Waals surface area (Å²) in [5.74, 6) is -2.24. The summed E-state index contributed by atoms with van der Waals surface area (Å²) in [5, 5.41) is 11.0. The lowest BCUT2D eigenvalue weighted by atomic mass is 9.70. The van der Waals surface area contributed by atoms with E-state index in [1.165, 1.54) is 6.08 Å². The first-order valence-electron chi connectivity index (χ1n) is 20.0. The molecular formula is C39H63N5O7S. The van der Waals surface area contributed by atoms with Gasteiger partial charge >= 0.3 is 6.03 Å². The van der Waals surface area contributed by atoms with E-state index in [1.807, 2.05) is 13.8 Å². The number of sulfone groups is 1. The van der Waals surface area contributed by atoms with E-state index in [0.29, 0.717) is 45.1 Å². The molecule has 5 rings (SSSR count). The molecule has 13 heteroatoms. The Labute approximate surface area is 310 Å². The highest BCUT2D eigenvalue weighted by atomic mass is 32.2. The average molecular weight is 746 g/mol. The molecule has 0 aromatic heterocycles. The first kappa shape index (κ1) is 40.2. The maximum absolute atomic E-state index is 14.9. The predicted octanol–water partition coefficient (Wildman–Crippen LogP) is 4.32. The van der Waals surface area contributed by atoms with E-state index in [1.54, 1.807) is 4.90 Å². The van der Waals surface area contributed by atoms with Crippen LogP contribution in [0.1, 0.15) is 130 Å². The summed E-state index contributed by atoms with van der Waals surface area (Å²) in [6, 6.07) is -3.37. The van der Waals surface area contributed by atoms with Crippen molar-refractivity contribution in [2.24, 2.45) is 22.7 Å². The lowest BCUT2D eigenvalue weighted by Gasteiger charge is -2.46. The van der Waals surface area contributed by atoms with Crippen LogP contribution in [-0.2, 0) is 29.0 Å². The molecule has 12 nitrogen and oxygen atoms in total. The number of nitrogens with zero attached hydrogens (tertiary/aromatic N) is 1. The number of hydrogen-bond acceptors (Lipinski definition) is 7. The molecule has 2 heterocycles. The number of carbonyl (C=O) groups is 5. The van der Waals surface area contributed by atoms with E-state index in [2.05, 4.69) is 41.7 Å². The second-order valence-electron chi connectivity index (χ2n) is 17.3. The number of Topliss-reactive ketones (excluding diaryl/α,β-unsaturated/α-hetero) is 1. The molecule has 0 bridgehead atoms. The van der Waals surface area contributed by atoms with Crippen molar-refractivity contribution in [3.63, 3.8) is 0 Å². The summed E-state index contributed by atoms with van der Waals surface area (Å²) in [7, 11) is -3.39. The van der Waals surface area contributed by atoms with Gasteiger partial charge in [0, 0.05) is 13.1 Å². The zero-order chi connectivity index (χ0) is 37.9. The molecule has 0 aromatic carbocycles. The smallest absolute Gasteiger partial charge is 0.315 e.